The van der Waals surface area contributed by atoms with Gasteiger partial charge in [-0.05, 0) is 68.7 Å². The van der Waals surface area contributed by atoms with Crippen LogP contribution in [0.2, 0.25) is 0 Å². The second-order valence-electron chi connectivity index (χ2n) is 14.9. The number of carbonyl (C=O) groups excluding carboxylic acids is 1. The van der Waals surface area contributed by atoms with E-state index in [9.17, 15) is 4.79 Å². The van der Waals surface area contributed by atoms with Crippen LogP contribution in [0, 0.1) is 5.41 Å². The van der Waals surface area contributed by atoms with E-state index in [1.807, 2.05) is 6.20 Å². The summed E-state index contributed by atoms with van der Waals surface area (Å²) in [5.74, 6) is 0. The van der Waals surface area contributed by atoms with Gasteiger partial charge in [-0.15, -0.1) is 11.3 Å². The van der Waals surface area contributed by atoms with Crippen molar-refractivity contribution in [1.29, 1.82) is 0 Å². The summed E-state index contributed by atoms with van der Waals surface area (Å²) in [4.78, 5) is 25.6. The molecule has 12 heteroatoms. The van der Waals surface area contributed by atoms with Crippen LogP contribution in [0.3, 0.4) is 0 Å². The van der Waals surface area contributed by atoms with Crippen LogP contribution in [0.1, 0.15) is 75.7 Å². The van der Waals surface area contributed by atoms with Gasteiger partial charge in [-0.3, -0.25) is 20.1 Å². The van der Waals surface area contributed by atoms with Crippen LogP contribution >= 0.6 is 11.3 Å². The molecule has 1 unspecified atom stereocenters. The summed E-state index contributed by atoms with van der Waals surface area (Å²) < 4.78 is 19.5. The van der Waals surface area contributed by atoms with E-state index in [1.165, 1.54) is 27.2 Å². The van der Waals surface area contributed by atoms with E-state index in [4.69, 9.17) is 24.2 Å². The number of ether oxygens (including phenoxy) is 3. The van der Waals surface area contributed by atoms with Crippen molar-refractivity contribution in [3.8, 4) is 22.5 Å². The number of fused-ring (bicyclic) bond motifs is 1. The fourth-order valence-electron chi connectivity index (χ4n) is 7.55. The van der Waals surface area contributed by atoms with Gasteiger partial charge in [-0.2, -0.15) is 0 Å². The molecular formula is C41H61N7O4S. The second-order valence-corrected chi connectivity index (χ2v) is 15.8. The Bertz CT molecular complexity index is 1750. The average molecular weight is 748 g/mol. The molecule has 290 valence electrons. The first-order chi connectivity index (χ1) is 25.7. The van der Waals surface area contributed by atoms with Gasteiger partial charge in [0.1, 0.15) is 0 Å². The maximum atomic E-state index is 10.4. The number of piperazine rings is 1. The zero-order valence-electron chi connectivity index (χ0n) is 33.0. The number of anilines is 1. The molecular weight excluding hydrogens is 687 g/mol. The lowest BCUT2D eigenvalue weighted by atomic mass is 9.84. The highest BCUT2D eigenvalue weighted by Crippen LogP contribution is 2.43. The van der Waals surface area contributed by atoms with E-state index in [-0.39, 0.29) is 11.5 Å². The number of amides is 1. The second kappa shape index (κ2) is 19.8. The fraction of sp³-hybridized carbons (Fsp3) is 0.585. The minimum atomic E-state index is -0.173. The van der Waals surface area contributed by atoms with Crippen LogP contribution in [-0.4, -0.2) is 99.7 Å². The van der Waals surface area contributed by atoms with Crippen LogP contribution < -0.4 is 15.8 Å². The molecule has 1 fully saturated rings. The summed E-state index contributed by atoms with van der Waals surface area (Å²) in [6.45, 7) is 16.8. The predicted molar refractivity (Wildman–Crippen MR) is 217 cm³/mol. The third-order valence-corrected chi connectivity index (χ3v) is 11.3. The topological polar surface area (TPSA) is 106 Å². The summed E-state index contributed by atoms with van der Waals surface area (Å²) in [6, 6.07) is 9.24. The Morgan fingerprint density at radius 1 is 1.04 bits per heavy atom. The molecule has 4 heterocycles. The fourth-order valence-corrected chi connectivity index (χ4v) is 8.40. The molecule has 1 saturated heterocycles. The smallest absolute Gasteiger partial charge is 0.221 e. The first kappa shape index (κ1) is 40.8. The quantitative estimate of drug-likeness (QED) is 0.0505. The van der Waals surface area contributed by atoms with Gasteiger partial charge >= 0.3 is 0 Å². The third kappa shape index (κ3) is 10.4. The number of aryl methyl sites for hydroxylation is 2. The van der Waals surface area contributed by atoms with E-state index in [1.54, 1.807) is 32.7 Å². The van der Waals surface area contributed by atoms with Crippen LogP contribution in [0.4, 0.5) is 5.69 Å². The number of nitrogens with one attached hydrogen (secondary N) is 2. The Morgan fingerprint density at radius 3 is 2.55 bits per heavy atom. The van der Waals surface area contributed by atoms with Gasteiger partial charge in [-0.1, -0.05) is 32.8 Å². The molecule has 1 amide bonds. The summed E-state index contributed by atoms with van der Waals surface area (Å²) in [6.07, 6.45) is 8.75. The number of hydrazine groups is 1. The van der Waals surface area contributed by atoms with Crippen molar-refractivity contribution >= 4 is 34.3 Å². The summed E-state index contributed by atoms with van der Waals surface area (Å²) in [7, 11) is 5.33. The molecule has 0 radical (unpaired) electrons. The minimum Gasteiger partial charge on any atom is -0.384 e. The molecule has 1 aliphatic heterocycles. The SMILES string of the molecule is CCn1c(-c2cc(N3CCN(CCOC)CC3)cnc2C(C)OC)c(CC(C)(C)COC)c2cc(-c3csc(CCCCCCNNC=O)n3)ccc21. The molecule has 3 aromatic heterocycles. The van der Waals surface area contributed by atoms with Crippen LogP contribution in [0.25, 0.3) is 33.4 Å². The Balaban J connectivity index is 1.52. The zero-order chi connectivity index (χ0) is 37.8. The number of aromatic nitrogens is 3. The van der Waals surface area contributed by atoms with Gasteiger partial charge in [-0.25, -0.2) is 10.4 Å². The molecule has 1 aromatic carbocycles. The number of pyridine rings is 1. The van der Waals surface area contributed by atoms with Gasteiger partial charge in [0.2, 0.25) is 6.41 Å². The van der Waals surface area contributed by atoms with E-state index >= 15 is 0 Å². The molecule has 0 saturated carbocycles. The summed E-state index contributed by atoms with van der Waals surface area (Å²) in [5.41, 5.74) is 14.5. The number of carbonyl (C=O) groups is 1. The monoisotopic (exact) mass is 747 g/mol. The Morgan fingerprint density at radius 2 is 1.83 bits per heavy atom. The Labute approximate surface area is 320 Å². The molecule has 2 N–H and O–H groups in total. The molecule has 4 aromatic rings. The van der Waals surface area contributed by atoms with Crippen molar-refractivity contribution in [2.45, 2.75) is 78.9 Å². The van der Waals surface area contributed by atoms with E-state index in [2.05, 4.69) is 82.6 Å². The molecule has 1 atom stereocenters. The molecule has 53 heavy (non-hydrogen) atoms. The maximum absolute atomic E-state index is 10.4. The first-order valence-corrected chi connectivity index (χ1v) is 20.1. The number of rotatable bonds is 22. The molecule has 1 aliphatic rings. The molecule has 0 aliphatic carbocycles. The van der Waals surface area contributed by atoms with E-state index in [0.29, 0.717) is 13.0 Å². The normalized spacial score (nSPS) is 14.7. The summed E-state index contributed by atoms with van der Waals surface area (Å²) in [5, 5.41) is 4.64. The molecule has 0 bridgehead atoms. The standard InChI is InChI=1S/C41H61N7O4S/c1-8-48-37-15-14-31(36-27-53-38(45-36)13-11-9-10-12-16-43-44-29-49)23-33(37)35(25-41(3,4)28-51-6)40(48)34-24-32(26-42-39(34)30(2)52-7)47-19-17-46(18-20-47)21-22-50-5/h14-15,23-24,26-27,29-30,43H,8-13,16-22,25,28H2,1-7H3,(H,44,49). The lowest BCUT2D eigenvalue weighted by Crippen LogP contribution is -2.47. The zero-order valence-corrected chi connectivity index (χ0v) is 33.8. The number of nitrogens with zero attached hydrogens (tertiary/aromatic N) is 5. The van der Waals surface area contributed by atoms with Crippen molar-refractivity contribution in [3.05, 3.63) is 52.1 Å². The molecule has 0 spiro atoms. The van der Waals surface area contributed by atoms with Crippen molar-refractivity contribution < 1.29 is 19.0 Å². The maximum Gasteiger partial charge on any atom is 0.221 e. The van der Waals surface area contributed by atoms with Crippen molar-refractivity contribution in [2.24, 2.45) is 5.41 Å². The minimum absolute atomic E-state index is 0.0994. The van der Waals surface area contributed by atoms with E-state index < -0.39 is 0 Å². The van der Waals surface area contributed by atoms with Crippen LogP contribution in [-0.2, 0) is 38.4 Å². The highest BCUT2D eigenvalue weighted by atomic mass is 32.1. The number of unbranched alkanes of at least 4 members (excludes halogenated alkanes) is 3. The Hall–Kier alpha value is -3.39. The highest BCUT2D eigenvalue weighted by molar-refractivity contribution is 7.09. The van der Waals surface area contributed by atoms with Gasteiger partial charge in [0, 0.05) is 94.6 Å². The van der Waals surface area contributed by atoms with Gasteiger partial charge in [0.05, 0.1) is 53.3 Å². The summed E-state index contributed by atoms with van der Waals surface area (Å²) >= 11 is 1.75. The number of hydrogen-bond donors (Lipinski definition) is 2. The number of methoxy groups -OCH3 is 3. The lowest BCUT2D eigenvalue weighted by molar-refractivity contribution is -0.110. The number of thiazole rings is 1. The van der Waals surface area contributed by atoms with Gasteiger partial charge < -0.3 is 23.7 Å². The van der Waals surface area contributed by atoms with Crippen molar-refractivity contribution in [2.75, 3.05) is 78.7 Å². The first-order valence-electron chi connectivity index (χ1n) is 19.2. The van der Waals surface area contributed by atoms with Crippen molar-refractivity contribution in [1.82, 2.24) is 30.3 Å². The van der Waals surface area contributed by atoms with Crippen LogP contribution in [0.15, 0.2) is 35.8 Å². The third-order valence-electron chi connectivity index (χ3n) is 10.4. The number of hydrogen-bond acceptors (Lipinski definition) is 10. The van der Waals surface area contributed by atoms with Gasteiger partial charge in [0.15, 0.2) is 0 Å². The molecule has 5 rings (SSSR count). The number of benzene rings is 1. The molecule has 11 nitrogen and oxygen atoms in total. The lowest BCUT2D eigenvalue weighted by Gasteiger charge is -2.36. The Kier molecular flexibility index (Phi) is 15.2. The average Bonchev–Trinajstić information content (AvgIpc) is 3.76. The van der Waals surface area contributed by atoms with E-state index in [0.717, 1.165) is 119 Å². The van der Waals surface area contributed by atoms with Crippen LogP contribution in [0.5, 0.6) is 0 Å². The van der Waals surface area contributed by atoms with Crippen molar-refractivity contribution in [3.63, 3.8) is 0 Å². The predicted octanol–water partition coefficient (Wildman–Crippen LogP) is 6.89. The highest BCUT2D eigenvalue weighted by Gasteiger charge is 2.29. The van der Waals surface area contributed by atoms with Gasteiger partial charge in [0.25, 0.3) is 0 Å². The largest absolute Gasteiger partial charge is 0.384 e.